The summed E-state index contributed by atoms with van der Waals surface area (Å²) in [7, 11) is 0. The fourth-order valence-electron chi connectivity index (χ4n) is 3.05. The molecule has 0 aliphatic heterocycles. The van der Waals surface area contributed by atoms with Crippen molar-refractivity contribution in [2.45, 2.75) is 20.4 Å². The molecule has 1 saturated carbocycles. The van der Waals surface area contributed by atoms with Crippen LogP contribution in [0.3, 0.4) is 0 Å². The molecule has 1 aliphatic carbocycles. The van der Waals surface area contributed by atoms with Crippen molar-refractivity contribution in [1.82, 2.24) is 10.5 Å². The van der Waals surface area contributed by atoms with E-state index >= 15 is 0 Å². The number of rotatable bonds is 5. The Labute approximate surface area is 150 Å². The van der Waals surface area contributed by atoms with Gasteiger partial charge in [0.25, 0.3) is 0 Å². The van der Waals surface area contributed by atoms with Crippen molar-refractivity contribution in [3.05, 3.63) is 52.7 Å². The summed E-state index contributed by atoms with van der Waals surface area (Å²) < 4.78 is 5.49. The summed E-state index contributed by atoms with van der Waals surface area (Å²) >= 11 is 11.4. The summed E-state index contributed by atoms with van der Waals surface area (Å²) in [6.45, 7) is 4.35. The van der Waals surface area contributed by atoms with Crippen LogP contribution < -0.4 is 5.32 Å². The summed E-state index contributed by atoms with van der Waals surface area (Å²) in [5.41, 5.74) is 1.58. The van der Waals surface area contributed by atoms with E-state index < -0.39 is 0 Å². The van der Waals surface area contributed by atoms with E-state index in [0.29, 0.717) is 12.3 Å². The summed E-state index contributed by atoms with van der Waals surface area (Å²) in [5.74, 6) is 0.496. The van der Waals surface area contributed by atoms with Gasteiger partial charge in [0, 0.05) is 11.6 Å². The van der Waals surface area contributed by atoms with Crippen LogP contribution in [0.5, 0.6) is 0 Å². The lowest BCUT2D eigenvalue weighted by molar-refractivity contribution is -0.123. The van der Waals surface area contributed by atoms with Gasteiger partial charge in [0.1, 0.15) is 10.2 Å². The first-order valence-corrected chi connectivity index (χ1v) is 8.46. The highest BCUT2D eigenvalue weighted by Crippen LogP contribution is 2.59. The highest BCUT2D eigenvalue weighted by molar-refractivity contribution is 6.55. The number of benzene rings is 1. The average Bonchev–Trinajstić information content (AvgIpc) is 2.90. The van der Waals surface area contributed by atoms with Crippen LogP contribution in [-0.2, 0) is 11.3 Å². The largest absolute Gasteiger partial charge is 0.359 e. The Kier molecular flexibility index (Phi) is 4.70. The number of aromatic nitrogens is 1. The number of carbonyl (C=O) groups excluding carboxylic acids is 1. The molecular weight excluding hydrogens is 347 g/mol. The molecule has 1 aromatic carbocycles. The number of halogens is 2. The van der Waals surface area contributed by atoms with Crippen LogP contribution >= 0.6 is 23.2 Å². The van der Waals surface area contributed by atoms with Crippen LogP contribution in [0.1, 0.15) is 19.6 Å². The van der Waals surface area contributed by atoms with Gasteiger partial charge >= 0.3 is 0 Å². The summed E-state index contributed by atoms with van der Waals surface area (Å²) in [5, 5.41) is 6.93. The van der Waals surface area contributed by atoms with Crippen molar-refractivity contribution < 1.29 is 9.32 Å². The van der Waals surface area contributed by atoms with E-state index in [1.165, 1.54) is 0 Å². The predicted octanol–water partition coefficient (Wildman–Crippen LogP) is 4.55. The number of nitrogens with zero attached hydrogens (tertiary/aromatic N) is 1. The maximum absolute atomic E-state index is 12.4. The van der Waals surface area contributed by atoms with Crippen LogP contribution in [0.15, 0.2) is 51.5 Å². The molecule has 1 N–H and O–H groups in total. The standard InChI is InChI=1S/C18H18Cl2N2O2/c1-18(2)13(9-15(19)20)16(18)17(23)21-10-12-8-14(22-24-12)11-6-4-3-5-7-11/h3-9,13,16H,10H2,1-2H3,(H,21,23). The van der Waals surface area contributed by atoms with Gasteiger partial charge in [-0.1, -0.05) is 72.5 Å². The van der Waals surface area contributed by atoms with Crippen molar-refractivity contribution in [1.29, 1.82) is 0 Å². The Morgan fingerprint density at radius 2 is 2.04 bits per heavy atom. The number of allylic oxidation sites excluding steroid dienone is 1. The molecule has 1 amide bonds. The number of hydrogen-bond acceptors (Lipinski definition) is 3. The van der Waals surface area contributed by atoms with Crippen LogP contribution in [0, 0.1) is 17.3 Å². The lowest BCUT2D eigenvalue weighted by Gasteiger charge is -2.03. The molecule has 0 saturated heterocycles. The second-order valence-electron chi connectivity index (χ2n) is 6.54. The predicted molar refractivity (Wildman–Crippen MR) is 94.3 cm³/mol. The van der Waals surface area contributed by atoms with Crippen molar-refractivity contribution in [3.63, 3.8) is 0 Å². The van der Waals surface area contributed by atoms with Crippen LogP contribution in [0.2, 0.25) is 0 Å². The molecule has 3 rings (SSSR count). The van der Waals surface area contributed by atoms with Gasteiger partial charge in [-0.15, -0.1) is 0 Å². The third-order valence-electron chi connectivity index (χ3n) is 4.56. The van der Waals surface area contributed by atoms with Gasteiger partial charge in [-0.2, -0.15) is 0 Å². The van der Waals surface area contributed by atoms with E-state index in [4.69, 9.17) is 27.7 Å². The topological polar surface area (TPSA) is 55.1 Å². The molecule has 1 heterocycles. The third-order valence-corrected chi connectivity index (χ3v) is 4.82. The van der Waals surface area contributed by atoms with Crippen LogP contribution in [0.25, 0.3) is 11.3 Å². The highest BCUT2D eigenvalue weighted by atomic mass is 35.5. The quantitative estimate of drug-likeness (QED) is 0.846. The Morgan fingerprint density at radius 3 is 2.71 bits per heavy atom. The molecule has 0 spiro atoms. The first kappa shape index (κ1) is 17.1. The fourth-order valence-corrected chi connectivity index (χ4v) is 3.32. The molecule has 2 unspecified atom stereocenters. The fraction of sp³-hybridized carbons (Fsp3) is 0.333. The van der Waals surface area contributed by atoms with Crippen LogP contribution in [-0.4, -0.2) is 11.1 Å². The number of amides is 1. The van der Waals surface area contributed by atoms with Gasteiger partial charge in [0.2, 0.25) is 5.91 Å². The monoisotopic (exact) mass is 364 g/mol. The Morgan fingerprint density at radius 1 is 1.33 bits per heavy atom. The molecule has 4 nitrogen and oxygen atoms in total. The molecule has 0 bridgehead atoms. The van der Waals surface area contributed by atoms with E-state index in [2.05, 4.69) is 10.5 Å². The molecule has 2 atom stereocenters. The van der Waals surface area contributed by atoms with E-state index in [-0.39, 0.29) is 27.6 Å². The number of nitrogens with one attached hydrogen (secondary N) is 1. The van der Waals surface area contributed by atoms with Crippen molar-refractivity contribution >= 4 is 29.1 Å². The molecule has 1 aromatic heterocycles. The average molecular weight is 365 g/mol. The van der Waals surface area contributed by atoms with Gasteiger partial charge in [-0.25, -0.2) is 0 Å². The normalized spacial score (nSPS) is 21.2. The number of carbonyl (C=O) groups is 1. The SMILES string of the molecule is CC1(C)C(C=C(Cl)Cl)C1C(=O)NCc1cc(-c2ccccc2)no1. The lowest BCUT2D eigenvalue weighted by Crippen LogP contribution is -2.26. The lowest BCUT2D eigenvalue weighted by atomic mass is 10.1. The molecule has 2 aromatic rings. The molecule has 0 radical (unpaired) electrons. The van der Waals surface area contributed by atoms with Gasteiger partial charge in [0.05, 0.1) is 12.5 Å². The molecule has 1 fully saturated rings. The summed E-state index contributed by atoms with van der Waals surface area (Å²) in [4.78, 5) is 12.4. The Balaban J connectivity index is 1.60. The van der Waals surface area contributed by atoms with E-state index in [1.807, 2.05) is 50.2 Å². The van der Waals surface area contributed by atoms with Gasteiger partial charge in [0.15, 0.2) is 5.76 Å². The van der Waals surface area contributed by atoms with E-state index in [9.17, 15) is 4.79 Å². The second-order valence-corrected chi connectivity index (χ2v) is 7.55. The zero-order chi connectivity index (χ0) is 17.3. The zero-order valence-corrected chi connectivity index (χ0v) is 14.9. The summed E-state index contributed by atoms with van der Waals surface area (Å²) in [6.07, 6.45) is 1.73. The third kappa shape index (κ3) is 3.50. The van der Waals surface area contributed by atoms with Crippen LogP contribution in [0.4, 0.5) is 0 Å². The molecule has 126 valence electrons. The second kappa shape index (κ2) is 6.61. The van der Waals surface area contributed by atoms with Crippen molar-refractivity contribution in [2.24, 2.45) is 17.3 Å². The molecule has 6 heteroatoms. The smallest absolute Gasteiger partial charge is 0.224 e. The Hall–Kier alpha value is -1.78. The minimum Gasteiger partial charge on any atom is -0.359 e. The minimum atomic E-state index is -0.143. The first-order valence-electron chi connectivity index (χ1n) is 7.71. The molecular formula is C18H18Cl2N2O2. The number of hydrogen-bond donors (Lipinski definition) is 1. The summed E-state index contributed by atoms with van der Waals surface area (Å²) in [6, 6.07) is 11.6. The van der Waals surface area contributed by atoms with Gasteiger partial charge in [-0.05, 0) is 17.4 Å². The maximum Gasteiger partial charge on any atom is 0.224 e. The minimum absolute atomic E-state index is 0.0338. The van der Waals surface area contributed by atoms with Crippen molar-refractivity contribution in [3.8, 4) is 11.3 Å². The highest BCUT2D eigenvalue weighted by Gasteiger charge is 2.60. The van der Waals surface area contributed by atoms with Crippen molar-refractivity contribution in [2.75, 3.05) is 0 Å². The first-order chi connectivity index (χ1) is 11.4. The molecule has 1 aliphatic rings. The zero-order valence-electron chi connectivity index (χ0n) is 13.4. The Bertz CT molecular complexity index is 764. The van der Waals surface area contributed by atoms with E-state index in [1.54, 1.807) is 6.08 Å². The van der Waals surface area contributed by atoms with Gasteiger partial charge < -0.3 is 9.84 Å². The molecule has 24 heavy (non-hydrogen) atoms. The maximum atomic E-state index is 12.4. The van der Waals surface area contributed by atoms with E-state index in [0.717, 1.165) is 11.3 Å². The van der Waals surface area contributed by atoms with Gasteiger partial charge in [-0.3, -0.25) is 4.79 Å².